The van der Waals surface area contributed by atoms with Crippen LogP contribution in [0.3, 0.4) is 0 Å². The molecule has 4 aromatic rings. The van der Waals surface area contributed by atoms with Gasteiger partial charge in [0, 0.05) is 12.7 Å². The molecule has 0 aliphatic rings. The van der Waals surface area contributed by atoms with E-state index in [4.69, 9.17) is 9.47 Å². The van der Waals surface area contributed by atoms with Crippen LogP contribution in [0.25, 0.3) is 32.6 Å². The van der Waals surface area contributed by atoms with Gasteiger partial charge in [-0.3, -0.25) is 0 Å². The molecule has 0 saturated heterocycles. The first-order valence-corrected chi connectivity index (χ1v) is 9.40. The third-order valence-corrected chi connectivity index (χ3v) is 5.61. The van der Waals surface area contributed by atoms with Crippen molar-refractivity contribution in [1.29, 1.82) is 0 Å². The molecule has 0 radical (unpaired) electrons. The lowest BCUT2D eigenvalue weighted by Gasteiger charge is -2.12. The molecule has 0 atom stereocenters. The highest BCUT2D eigenvalue weighted by Gasteiger charge is 2.24. The molecule has 0 aliphatic heterocycles. The number of rotatable bonds is 5. The minimum atomic E-state index is -0.319. The summed E-state index contributed by atoms with van der Waals surface area (Å²) in [7, 11) is 3.08. The summed E-state index contributed by atoms with van der Waals surface area (Å²) < 4.78 is 13.6. The van der Waals surface area contributed by atoms with Gasteiger partial charge in [-0.25, -0.2) is 4.79 Å². The minimum Gasteiger partial charge on any atom is -0.465 e. The van der Waals surface area contributed by atoms with E-state index in [2.05, 4.69) is 28.8 Å². The molecule has 0 fully saturated rings. The molecule has 0 aliphatic carbocycles. The molecule has 0 unspecified atom stereocenters. The number of thiophene rings is 1. The highest BCUT2D eigenvalue weighted by molar-refractivity contribution is 7.21. The molecule has 0 bridgehead atoms. The monoisotopic (exact) mass is 377 g/mol. The van der Waals surface area contributed by atoms with Crippen molar-refractivity contribution in [2.75, 3.05) is 14.2 Å². The van der Waals surface area contributed by atoms with E-state index in [1.807, 2.05) is 42.5 Å². The first kappa shape index (κ1) is 17.5. The van der Waals surface area contributed by atoms with E-state index in [1.165, 1.54) is 18.4 Å². The largest absolute Gasteiger partial charge is 0.465 e. The van der Waals surface area contributed by atoms with Crippen LogP contribution in [0.2, 0.25) is 0 Å². The normalized spacial score (nSPS) is 11.0. The minimum absolute atomic E-state index is 0.319. The van der Waals surface area contributed by atoms with Gasteiger partial charge in [-0.15, -0.1) is 11.3 Å². The van der Waals surface area contributed by atoms with Crippen LogP contribution in [0.1, 0.15) is 9.67 Å². The summed E-state index contributed by atoms with van der Waals surface area (Å²) in [6.45, 7) is 0.394. The van der Waals surface area contributed by atoms with Gasteiger partial charge in [0.2, 0.25) is 0 Å². The van der Waals surface area contributed by atoms with Gasteiger partial charge in [0.25, 0.3) is 0 Å². The number of hydrogen-bond acceptors (Lipinski definition) is 4. The molecule has 2 heterocycles. The Morgan fingerprint density at radius 2 is 1.59 bits per heavy atom. The number of ether oxygens (including phenoxy) is 2. The SMILES string of the molecule is COCn1c(-c2ccccc2)c(-c2ccccc2)c2sc(C(=O)OC)cc21. The molecule has 0 amide bonds. The molecule has 2 aromatic carbocycles. The predicted octanol–water partition coefficient (Wildman–Crippen LogP) is 5.43. The zero-order chi connectivity index (χ0) is 18.8. The van der Waals surface area contributed by atoms with E-state index in [0.717, 1.165) is 32.6 Å². The van der Waals surface area contributed by atoms with Gasteiger partial charge in [-0.2, -0.15) is 0 Å². The zero-order valence-electron chi connectivity index (χ0n) is 15.1. The lowest BCUT2D eigenvalue weighted by atomic mass is 10.0. The number of aromatic nitrogens is 1. The summed E-state index contributed by atoms with van der Waals surface area (Å²) >= 11 is 1.46. The number of methoxy groups -OCH3 is 2. The number of carbonyl (C=O) groups is 1. The number of benzene rings is 2. The molecular weight excluding hydrogens is 358 g/mol. The number of carbonyl (C=O) groups excluding carboxylic acids is 1. The van der Waals surface area contributed by atoms with Crippen molar-refractivity contribution in [2.24, 2.45) is 0 Å². The van der Waals surface area contributed by atoms with Crippen LogP contribution in [0, 0.1) is 0 Å². The van der Waals surface area contributed by atoms with Crippen molar-refractivity contribution in [2.45, 2.75) is 6.73 Å². The number of fused-ring (bicyclic) bond motifs is 1. The van der Waals surface area contributed by atoms with E-state index >= 15 is 0 Å². The summed E-state index contributed by atoms with van der Waals surface area (Å²) in [4.78, 5) is 12.7. The Morgan fingerprint density at radius 3 is 2.19 bits per heavy atom. The van der Waals surface area contributed by atoms with Crippen LogP contribution in [0.5, 0.6) is 0 Å². The molecule has 4 rings (SSSR count). The Balaban J connectivity index is 2.08. The Bertz CT molecular complexity index is 1080. The number of nitrogens with zero attached hydrogens (tertiary/aromatic N) is 1. The number of hydrogen-bond donors (Lipinski definition) is 0. The van der Waals surface area contributed by atoms with Crippen molar-refractivity contribution >= 4 is 27.5 Å². The predicted molar refractivity (Wildman–Crippen MR) is 109 cm³/mol. The van der Waals surface area contributed by atoms with Crippen LogP contribution in [0.4, 0.5) is 0 Å². The standard InChI is InChI=1S/C22H19NO3S/c1-25-14-23-17-13-18(22(24)26-2)27-21(17)19(15-9-5-3-6-10-15)20(23)16-11-7-4-8-12-16/h3-13H,14H2,1-2H3. The molecule has 0 saturated carbocycles. The van der Waals surface area contributed by atoms with Gasteiger partial charge in [-0.1, -0.05) is 60.7 Å². The molecule has 136 valence electrons. The lowest BCUT2D eigenvalue weighted by molar-refractivity contribution is 0.0606. The first-order chi connectivity index (χ1) is 13.2. The van der Waals surface area contributed by atoms with E-state index in [-0.39, 0.29) is 5.97 Å². The fraction of sp³-hybridized carbons (Fsp3) is 0.136. The highest BCUT2D eigenvalue weighted by Crippen LogP contribution is 2.44. The van der Waals surface area contributed by atoms with Crippen LogP contribution in [-0.4, -0.2) is 24.8 Å². The van der Waals surface area contributed by atoms with Crippen molar-refractivity contribution < 1.29 is 14.3 Å². The fourth-order valence-electron chi connectivity index (χ4n) is 3.36. The Labute approximate surface area is 161 Å². The topological polar surface area (TPSA) is 40.5 Å². The fourth-order valence-corrected chi connectivity index (χ4v) is 4.50. The zero-order valence-corrected chi connectivity index (χ0v) is 16.0. The van der Waals surface area contributed by atoms with Gasteiger partial charge in [0.1, 0.15) is 11.6 Å². The molecule has 4 nitrogen and oxygen atoms in total. The van der Waals surface area contributed by atoms with Crippen LogP contribution in [0.15, 0.2) is 66.7 Å². The van der Waals surface area contributed by atoms with Gasteiger partial charge in [0.15, 0.2) is 0 Å². The van der Waals surface area contributed by atoms with Crippen molar-refractivity contribution in [1.82, 2.24) is 4.57 Å². The molecular formula is C22H19NO3S. The van der Waals surface area contributed by atoms with Crippen LogP contribution in [-0.2, 0) is 16.2 Å². The molecule has 2 aromatic heterocycles. The summed E-state index contributed by atoms with van der Waals surface area (Å²) in [5, 5.41) is 0. The third-order valence-electron chi connectivity index (χ3n) is 4.49. The maximum atomic E-state index is 12.1. The van der Waals surface area contributed by atoms with E-state index < -0.39 is 0 Å². The van der Waals surface area contributed by atoms with Gasteiger partial charge in [-0.05, 0) is 17.2 Å². The summed E-state index contributed by atoms with van der Waals surface area (Å²) in [5.41, 5.74) is 5.38. The summed E-state index contributed by atoms with van der Waals surface area (Å²) in [5.74, 6) is -0.319. The first-order valence-electron chi connectivity index (χ1n) is 8.58. The average molecular weight is 377 g/mol. The van der Waals surface area contributed by atoms with E-state index in [9.17, 15) is 4.79 Å². The smallest absolute Gasteiger partial charge is 0.348 e. The Hall–Kier alpha value is -2.89. The highest BCUT2D eigenvalue weighted by atomic mass is 32.1. The second-order valence-electron chi connectivity index (χ2n) is 6.12. The molecule has 27 heavy (non-hydrogen) atoms. The van der Waals surface area contributed by atoms with E-state index in [0.29, 0.717) is 11.6 Å². The maximum Gasteiger partial charge on any atom is 0.348 e. The van der Waals surface area contributed by atoms with Crippen molar-refractivity contribution in [3.63, 3.8) is 0 Å². The summed E-state index contributed by atoms with van der Waals surface area (Å²) in [6, 6.07) is 22.4. The van der Waals surface area contributed by atoms with Gasteiger partial charge in [0.05, 0.1) is 23.0 Å². The van der Waals surface area contributed by atoms with Crippen molar-refractivity contribution in [3.8, 4) is 22.4 Å². The quantitative estimate of drug-likeness (QED) is 0.436. The average Bonchev–Trinajstić information content (AvgIpc) is 3.27. The Morgan fingerprint density at radius 1 is 0.963 bits per heavy atom. The maximum absolute atomic E-state index is 12.1. The molecule has 5 heteroatoms. The number of esters is 1. The Kier molecular flexibility index (Phi) is 4.79. The van der Waals surface area contributed by atoms with Crippen LogP contribution < -0.4 is 0 Å². The van der Waals surface area contributed by atoms with Gasteiger partial charge >= 0.3 is 5.97 Å². The van der Waals surface area contributed by atoms with Gasteiger partial charge < -0.3 is 14.0 Å². The second kappa shape index (κ2) is 7.39. The third kappa shape index (κ3) is 3.05. The lowest BCUT2D eigenvalue weighted by Crippen LogP contribution is -2.03. The van der Waals surface area contributed by atoms with Crippen LogP contribution >= 0.6 is 11.3 Å². The summed E-state index contributed by atoms with van der Waals surface area (Å²) in [6.07, 6.45) is 0. The molecule has 0 spiro atoms. The van der Waals surface area contributed by atoms with Crippen molar-refractivity contribution in [3.05, 3.63) is 71.6 Å². The molecule has 0 N–H and O–H groups in total. The second-order valence-corrected chi connectivity index (χ2v) is 7.17. The van der Waals surface area contributed by atoms with E-state index in [1.54, 1.807) is 7.11 Å².